The first-order chi connectivity index (χ1) is 20.9. The molecule has 2 aromatic carbocycles. The molecule has 0 saturated heterocycles. The third-order valence-electron chi connectivity index (χ3n) is 7.99. The highest BCUT2D eigenvalue weighted by Crippen LogP contribution is 2.57. The summed E-state index contributed by atoms with van der Waals surface area (Å²) in [7, 11) is -3.58. The van der Waals surface area contributed by atoms with Crippen LogP contribution in [0.1, 0.15) is 70.9 Å². The van der Waals surface area contributed by atoms with E-state index in [-0.39, 0.29) is 37.6 Å². The second kappa shape index (κ2) is 14.7. The monoisotopic (exact) mass is 621 g/mol. The van der Waals surface area contributed by atoms with Crippen LogP contribution in [0.4, 0.5) is 5.69 Å². The molecule has 9 heteroatoms. The van der Waals surface area contributed by atoms with Crippen molar-refractivity contribution in [2.24, 2.45) is 11.3 Å². The van der Waals surface area contributed by atoms with Crippen molar-refractivity contribution in [3.63, 3.8) is 0 Å². The normalized spacial score (nSPS) is 19.2. The summed E-state index contributed by atoms with van der Waals surface area (Å²) in [5.74, 6) is -1.52. The number of hydrogen-bond acceptors (Lipinski definition) is 7. The van der Waals surface area contributed by atoms with Gasteiger partial charge in [0.05, 0.1) is 25.3 Å². The fourth-order valence-electron chi connectivity index (χ4n) is 5.93. The first-order valence-corrected chi connectivity index (χ1v) is 17.2. The minimum absolute atomic E-state index is 0.000971. The number of anilines is 1. The van der Waals surface area contributed by atoms with E-state index in [2.05, 4.69) is 5.73 Å². The van der Waals surface area contributed by atoms with Gasteiger partial charge in [-0.1, -0.05) is 61.4 Å². The van der Waals surface area contributed by atoms with Gasteiger partial charge < -0.3 is 18.7 Å². The van der Waals surface area contributed by atoms with E-state index >= 15 is 0 Å². The summed E-state index contributed by atoms with van der Waals surface area (Å²) in [6.45, 7) is 7.25. The summed E-state index contributed by atoms with van der Waals surface area (Å²) in [5, 5.41) is 0. The number of ketones is 1. The van der Waals surface area contributed by atoms with E-state index in [1.807, 2.05) is 54.6 Å². The number of carbonyl (C=O) groups is 3. The van der Waals surface area contributed by atoms with Gasteiger partial charge in [-0.15, -0.1) is 5.73 Å². The molecular weight excluding hydrogens is 577 g/mol. The number of amides is 1. The lowest BCUT2D eigenvalue weighted by Gasteiger charge is -2.30. The molecular formula is C35H44NO7P. The Labute approximate surface area is 261 Å². The number of para-hydroxylation sites is 1. The molecule has 2 aromatic rings. The molecule has 1 fully saturated rings. The Morgan fingerprint density at radius 3 is 2.41 bits per heavy atom. The second-order valence-electron chi connectivity index (χ2n) is 12.6. The van der Waals surface area contributed by atoms with Gasteiger partial charge in [0.2, 0.25) is 5.91 Å². The predicted octanol–water partition coefficient (Wildman–Crippen LogP) is 7.21. The number of ether oxygens (including phenoxy) is 1. The maximum atomic E-state index is 13.8. The average molecular weight is 622 g/mol. The number of rotatable bonds is 12. The predicted molar refractivity (Wildman–Crippen MR) is 170 cm³/mol. The third kappa shape index (κ3) is 8.89. The molecule has 1 amide bonds. The van der Waals surface area contributed by atoms with Crippen LogP contribution in [0.3, 0.4) is 0 Å². The summed E-state index contributed by atoms with van der Waals surface area (Å²) in [5.41, 5.74) is 3.96. The average Bonchev–Trinajstić information content (AvgIpc) is 3.41. The van der Waals surface area contributed by atoms with Crippen molar-refractivity contribution < 1.29 is 32.7 Å². The third-order valence-corrected chi connectivity index (χ3v) is 10.2. The van der Waals surface area contributed by atoms with E-state index in [0.717, 1.165) is 24.0 Å². The Morgan fingerprint density at radius 1 is 1.05 bits per heavy atom. The molecule has 0 aromatic heterocycles. The van der Waals surface area contributed by atoms with Crippen LogP contribution in [0.2, 0.25) is 0 Å². The Hall–Kier alpha value is -3.28. The largest absolute Gasteiger partial charge is 0.459 e. The molecule has 4 rings (SSSR count). The Kier molecular flexibility index (Phi) is 11.2. The highest BCUT2D eigenvalue weighted by atomic mass is 31.2. The van der Waals surface area contributed by atoms with Crippen molar-refractivity contribution >= 4 is 30.9 Å². The van der Waals surface area contributed by atoms with Crippen LogP contribution in [-0.4, -0.2) is 42.6 Å². The van der Waals surface area contributed by atoms with Crippen molar-refractivity contribution in [2.75, 3.05) is 24.2 Å². The zero-order valence-corrected chi connectivity index (χ0v) is 27.1. The number of nitrogens with zero attached hydrogens (tertiary/aromatic N) is 1. The fourth-order valence-corrected chi connectivity index (χ4v) is 8.14. The van der Waals surface area contributed by atoms with Crippen LogP contribution in [0.25, 0.3) is 0 Å². The molecule has 0 bridgehead atoms. The van der Waals surface area contributed by atoms with Gasteiger partial charge in [0.25, 0.3) is 0 Å². The lowest BCUT2D eigenvalue weighted by Crippen LogP contribution is -2.41. The summed E-state index contributed by atoms with van der Waals surface area (Å²) in [6.07, 6.45) is 6.97. The summed E-state index contributed by atoms with van der Waals surface area (Å²) >= 11 is 0. The van der Waals surface area contributed by atoms with Gasteiger partial charge in [-0.3, -0.25) is 18.9 Å². The lowest BCUT2D eigenvalue weighted by molar-refractivity contribution is -0.153. The molecule has 1 saturated carbocycles. The molecule has 0 N–H and O–H groups in total. The van der Waals surface area contributed by atoms with Gasteiger partial charge in [-0.25, -0.2) is 0 Å². The number of carbonyl (C=O) groups excluding carboxylic acids is 3. The Morgan fingerprint density at radius 2 is 1.73 bits per heavy atom. The first-order valence-electron chi connectivity index (χ1n) is 15.4. The van der Waals surface area contributed by atoms with E-state index in [0.29, 0.717) is 31.4 Å². The topological polar surface area (TPSA) is 99.2 Å². The molecule has 0 spiro atoms. The van der Waals surface area contributed by atoms with Gasteiger partial charge in [-0.05, 0) is 76.6 Å². The van der Waals surface area contributed by atoms with E-state index < -0.39 is 30.5 Å². The van der Waals surface area contributed by atoms with Gasteiger partial charge in [-0.2, -0.15) is 0 Å². The molecule has 8 nitrogen and oxygen atoms in total. The van der Waals surface area contributed by atoms with E-state index in [1.54, 1.807) is 33.8 Å². The lowest BCUT2D eigenvalue weighted by atomic mass is 9.83. The molecule has 44 heavy (non-hydrogen) atoms. The summed E-state index contributed by atoms with van der Waals surface area (Å²) in [4.78, 5) is 41.7. The van der Waals surface area contributed by atoms with Crippen molar-refractivity contribution in [3.8, 4) is 0 Å². The number of hydrogen-bond donors (Lipinski definition) is 0. The summed E-state index contributed by atoms with van der Waals surface area (Å²) < 4.78 is 30.9. The first kappa shape index (κ1) is 33.6. The SMILES string of the molecule is CCOP(=O)(CC1(C(=O)C=C=CC2CCc3ccccc3N(CC(=O)OC(C)(C)C)C2=O)CCCC1)OCc1ccccc1. The van der Waals surface area contributed by atoms with Crippen molar-refractivity contribution in [3.05, 3.63) is 83.6 Å². The molecule has 1 aliphatic heterocycles. The van der Waals surface area contributed by atoms with Gasteiger partial charge in [0, 0.05) is 17.2 Å². The van der Waals surface area contributed by atoms with Crippen LogP contribution in [-0.2, 0) is 45.8 Å². The van der Waals surface area contributed by atoms with Gasteiger partial charge in [0.1, 0.15) is 12.1 Å². The molecule has 236 valence electrons. The maximum absolute atomic E-state index is 13.8. The van der Waals surface area contributed by atoms with Crippen molar-refractivity contribution in [2.45, 2.75) is 78.4 Å². The van der Waals surface area contributed by atoms with E-state index in [1.165, 1.54) is 11.0 Å². The standard InChI is InChI=1S/C35H44NO7P/c1-5-41-44(40,42-25-27-14-7-6-8-15-27)26-35(22-11-12-23-35)31(37)19-13-17-29-21-20-28-16-9-10-18-30(28)36(33(29)39)24-32(38)43-34(2,3)4/h6-10,14-19,29H,5,11-12,20-26H2,1-4H3. The number of esters is 1. The second-order valence-corrected chi connectivity index (χ2v) is 14.6. The molecule has 2 unspecified atom stereocenters. The van der Waals surface area contributed by atoms with Crippen LogP contribution in [0.5, 0.6) is 0 Å². The zero-order valence-electron chi connectivity index (χ0n) is 26.3. The van der Waals surface area contributed by atoms with Crippen LogP contribution in [0, 0.1) is 11.3 Å². The number of fused-ring (bicyclic) bond motifs is 1. The smallest absolute Gasteiger partial charge is 0.332 e. The molecule has 2 atom stereocenters. The number of benzene rings is 2. The quantitative estimate of drug-likeness (QED) is 0.107. The van der Waals surface area contributed by atoms with Gasteiger partial charge in [0.15, 0.2) is 5.78 Å². The van der Waals surface area contributed by atoms with Crippen LogP contribution >= 0.6 is 7.60 Å². The van der Waals surface area contributed by atoms with Crippen LogP contribution < -0.4 is 4.90 Å². The minimum atomic E-state index is -3.58. The van der Waals surface area contributed by atoms with E-state index in [4.69, 9.17) is 13.8 Å². The Bertz CT molecular complexity index is 1430. The Balaban J connectivity index is 1.53. The fraction of sp³-hybridized carbons (Fsp3) is 0.486. The van der Waals surface area contributed by atoms with Crippen molar-refractivity contribution in [1.29, 1.82) is 0 Å². The molecule has 0 radical (unpaired) electrons. The maximum Gasteiger partial charge on any atom is 0.332 e. The zero-order chi connectivity index (χ0) is 31.8. The van der Waals surface area contributed by atoms with Crippen molar-refractivity contribution in [1.82, 2.24) is 0 Å². The van der Waals surface area contributed by atoms with E-state index in [9.17, 15) is 18.9 Å². The number of aryl methyl sites for hydroxylation is 1. The summed E-state index contributed by atoms with van der Waals surface area (Å²) in [6, 6.07) is 17.0. The molecule has 1 aliphatic carbocycles. The molecule has 2 aliphatic rings. The van der Waals surface area contributed by atoms with Crippen LogP contribution in [0.15, 0.2) is 72.5 Å². The minimum Gasteiger partial charge on any atom is -0.459 e. The highest BCUT2D eigenvalue weighted by molar-refractivity contribution is 7.53. The molecule has 1 heterocycles. The van der Waals surface area contributed by atoms with Gasteiger partial charge >= 0.3 is 13.6 Å². The highest BCUT2D eigenvalue weighted by Gasteiger charge is 2.46.